The number of carboxylic acid groups (broad SMARTS) is 1. The molecule has 172 valence electrons. The maximum absolute atomic E-state index is 12.3. The molecule has 10 nitrogen and oxygen atoms in total. The van der Waals surface area contributed by atoms with Crippen LogP contribution in [0.3, 0.4) is 0 Å². The molecule has 3 aromatic rings. The number of nitrogens with zero attached hydrogens (tertiary/aromatic N) is 3. The second-order valence-electron chi connectivity index (χ2n) is 7.27. The smallest absolute Gasteiger partial charge is 0.339 e. The number of carbonyl (C=O) groups is 2. The minimum Gasteiger partial charge on any atom is -0.483 e. The summed E-state index contributed by atoms with van der Waals surface area (Å²) in [6, 6.07) is 3.61. The summed E-state index contributed by atoms with van der Waals surface area (Å²) < 4.78 is 11.2. The van der Waals surface area contributed by atoms with E-state index in [4.69, 9.17) is 19.1 Å². The molecule has 0 aliphatic rings. The van der Waals surface area contributed by atoms with Gasteiger partial charge in [0.1, 0.15) is 16.3 Å². The van der Waals surface area contributed by atoms with Crippen LogP contribution in [0.4, 0.5) is 5.13 Å². The third-order valence-electron chi connectivity index (χ3n) is 4.50. The van der Waals surface area contributed by atoms with Crippen molar-refractivity contribution < 1.29 is 23.8 Å². The normalized spacial score (nSPS) is 10.6. The zero-order valence-electron chi connectivity index (χ0n) is 18.6. The number of hydrogen-bond acceptors (Lipinski definition) is 9. The second-order valence-corrected chi connectivity index (χ2v) is 8.33. The van der Waals surface area contributed by atoms with Crippen LogP contribution in [-0.2, 0) is 16.0 Å². The average Bonchev–Trinajstić information content (AvgIpc) is 3.16. The van der Waals surface area contributed by atoms with Crippen molar-refractivity contribution in [1.82, 2.24) is 15.1 Å². The van der Waals surface area contributed by atoms with E-state index in [1.54, 1.807) is 13.0 Å². The van der Waals surface area contributed by atoms with E-state index in [1.165, 1.54) is 11.3 Å². The molecule has 0 radical (unpaired) electrons. The summed E-state index contributed by atoms with van der Waals surface area (Å²) in [6.07, 6.45) is 0.774. The van der Waals surface area contributed by atoms with Gasteiger partial charge < -0.3 is 19.2 Å². The topological polar surface area (TPSA) is 135 Å². The molecule has 0 atom stereocenters. The fraction of sp³-hybridized carbons (Fsp3) is 0.381. The third kappa shape index (κ3) is 6.59. The number of anilines is 1. The van der Waals surface area contributed by atoms with Gasteiger partial charge in [0.05, 0.1) is 5.39 Å². The number of fused-ring (bicyclic) bond motifs is 1. The number of rotatable bonds is 7. The standard InChI is InChI=1S/C20H24N4O4S.CH2O2/c1-11-8-14(18-12(2)13(3)19(26)28-15(18)9-11)27-10-16(25)21-20-23-22-17(29-20)6-7-24(4)5;2-1-3/h8-9H,6-7,10H2,1-5H3,(H,21,23,25);1H,(H,2,3). The molecule has 0 fully saturated rings. The van der Waals surface area contributed by atoms with Crippen LogP contribution in [0.25, 0.3) is 11.0 Å². The molecule has 2 N–H and O–H groups in total. The first-order chi connectivity index (χ1) is 15.2. The fourth-order valence-corrected chi connectivity index (χ4v) is 3.57. The Morgan fingerprint density at radius 1 is 1.25 bits per heavy atom. The Hall–Kier alpha value is -3.31. The molecule has 1 amide bonds. The Morgan fingerprint density at radius 3 is 2.59 bits per heavy atom. The number of amides is 1. The first-order valence-corrected chi connectivity index (χ1v) is 10.5. The lowest BCUT2D eigenvalue weighted by Crippen LogP contribution is -2.20. The zero-order valence-corrected chi connectivity index (χ0v) is 19.4. The fourth-order valence-electron chi connectivity index (χ4n) is 2.82. The molecule has 3 rings (SSSR count). The van der Waals surface area contributed by atoms with Gasteiger partial charge in [0.15, 0.2) is 6.61 Å². The van der Waals surface area contributed by atoms with E-state index in [0.717, 1.165) is 29.1 Å². The number of ether oxygens (including phenoxy) is 1. The van der Waals surface area contributed by atoms with Gasteiger partial charge in [-0.2, -0.15) is 0 Å². The Balaban J connectivity index is 0.00000114. The van der Waals surface area contributed by atoms with Gasteiger partial charge in [-0.25, -0.2) is 4.79 Å². The highest BCUT2D eigenvalue weighted by Crippen LogP contribution is 2.30. The molecular formula is C21H26N4O6S. The first kappa shape index (κ1) is 25.0. The van der Waals surface area contributed by atoms with E-state index >= 15 is 0 Å². The van der Waals surface area contributed by atoms with Crippen LogP contribution in [0.5, 0.6) is 5.75 Å². The number of hydrogen-bond donors (Lipinski definition) is 2. The Labute approximate surface area is 188 Å². The molecule has 0 bridgehead atoms. The van der Waals surface area contributed by atoms with E-state index in [1.807, 2.05) is 34.0 Å². The monoisotopic (exact) mass is 462 g/mol. The maximum Gasteiger partial charge on any atom is 0.339 e. The van der Waals surface area contributed by atoms with Crippen LogP contribution >= 0.6 is 11.3 Å². The maximum atomic E-state index is 12.3. The number of aromatic nitrogens is 2. The van der Waals surface area contributed by atoms with Crippen LogP contribution in [0.1, 0.15) is 21.7 Å². The van der Waals surface area contributed by atoms with Crippen molar-refractivity contribution in [3.63, 3.8) is 0 Å². The van der Waals surface area contributed by atoms with Crippen molar-refractivity contribution in [2.45, 2.75) is 27.2 Å². The predicted octanol–water partition coefficient (Wildman–Crippen LogP) is 2.39. The molecule has 2 heterocycles. The van der Waals surface area contributed by atoms with Crippen LogP contribution in [0, 0.1) is 20.8 Å². The Morgan fingerprint density at radius 2 is 1.94 bits per heavy atom. The number of likely N-dealkylation sites (N-methyl/N-ethyl adjacent to an activating group) is 1. The van der Waals surface area contributed by atoms with Gasteiger partial charge in [-0.15, -0.1) is 10.2 Å². The van der Waals surface area contributed by atoms with Crippen molar-refractivity contribution in [2.24, 2.45) is 0 Å². The molecule has 0 unspecified atom stereocenters. The lowest BCUT2D eigenvalue weighted by atomic mass is 10.0. The lowest BCUT2D eigenvalue weighted by molar-refractivity contribution is -0.123. The molecule has 32 heavy (non-hydrogen) atoms. The molecule has 1 aromatic carbocycles. The zero-order chi connectivity index (χ0) is 23.8. The minimum atomic E-state index is -0.370. The molecule has 11 heteroatoms. The van der Waals surface area contributed by atoms with Crippen molar-refractivity contribution in [3.8, 4) is 5.75 Å². The summed E-state index contributed by atoms with van der Waals surface area (Å²) in [7, 11) is 3.98. The molecule has 2 aromatic heterocycles. The van der Waals surface area contributed by atoms with Gasteiger partial charge in [0.25, 0.3) is 12.4 Å². The quantitative estimate of drug-likeness (QED) is 0.401. The van der Waals surface area contributed by atoms with E-state index in [9.17, 15) is 9.59 Å². The van der Waals surface area contributed by atoms with Gasteiger partial charge in [0, 0.05) is 18.5 Å². The summed E-state index contributed by atoms with van der Waals surface area (Å²) in [5.41, 5.74) is 2.25. The van der Waals surface area contributed by atoms with E-state index in [2.05, 4.69) is 20.4 Å². The van der Waals surface area contributed by atoms with Crippen molar-refractivity contribution in [2.75, 3.05) is 32.6 Å². The molecule has 0 spiro atoms. The average molecular weight is 463 g/mol. The van der Waals surface area contributed by atoms with Crippen LogP contribution in [0.2, 0.25) is 0 Å². The lowest BCUT2D eigenvalue weighted by Gasteiger charge is -2.12. The van der Waals surface area contributed by atoms with E-state index < -0.39 is 0 Å². The van der Waals surface area contributed by atoms with Crippen LogP contribution < -0.4 is 15.7 Å². The Kier molecular flexibility index (Phi) is 8.85. The van der Waals surface area contributed by atoms with Crippen molar-refractivity contribution >= 4 is 39.8 Å². The predicted molar refractivity (Wildman–Crippen MR) is 122 cm³/mol. The highest BCUT2D eigenvalue weighted by molar-refractivity contribution is 7.15. The summed E-state index contributed by atoms with van der Waals surface area (Å²) in [5, 5.41) is 19.7. The number of benzene rings is 1. The summed E-state index contributed by atoms with van der Waals surface area (Å²) in [6.45, 7) is 5.84. The summed E-state index contributed by atoms with van der Waals surface area (Å²) in [5.74, 6) is 0.171. The molecular weight excluding hydrogens is 436 g/mol. The van der Waals surface area contributed by atoms with E-state index in [-0.39, 0.29) is 24.6 Å². The van der Waals surface area contributed by atoms with Crippen LogP contribution in [0.15, 0.2) is 21.3 Å². The van der Waals surface area contributed by atoms with Crippen molar-refractivity contribution in [1.29, 1.82) is 0 Å². The largest absolute Gasteiger partial charge is 0.483 e. The highest BCUT2D eigenvalue weighted by atomic mass is 32.1. The SMILES string of the molecule is Cc1cc(OCC(=O)Nc2nnc(CCN(C)C)s2)c2c(C)c(C)c(=O)oc2c1.O=CO. The first-order valence-electron chi connectivity index (χ1n) is 9.68. The number of carbonyl (C=O) groups excluding carboxylic acids is 1. The number of aryl methyl sites for hydroxylation is 2. The number of nitrogens with one attached hydrogen (secondary N) is 1. The summed E-state index contributed by atoms with van der Waals surface area (Å²) >= 11 is 1.35. The molecule has 0 saturated carbocycles. The van der Waals surface area contributed by atoms with E-state index in [0.29, 0.717) is 27.4 Å². The van der Waals surface area contributed by atoms with Crippen LogP contribution in [-0.4, -0.2) is 59.8 Å². The second kappa shape index (κ2) is 11.3. The van der Waals surface area contributed by atoms with Crippen molar-refractivity contribution in [3.05, 3.63) is 44.3 Å². The molecule has 0 aliphatic heterocycles. The van der Waals surface area contributed by atoms with Gasteiger partial charge >= 0.3 is 5.63 Å². The highest BCUT2D eigenvalue weighted by Gasteiger charge is 2.15. The minimum absolute atomic E-state index is 0.192. The third-order valence-corrected chi connectivity index (χ3v) is 5.40. The van der Waals surface area contributed by atoms with Gasteiger partial charge in [-0.1, -0.05) is 11.3 Å². The van der Waals surface area contributed by atoms with Gasteiger partial charge in [-0.3, -0.25) is 14.9 Å². The molecule has 0 aliphatic carbocycles. The van der Waals surface area contributed by atoms with Gasteiger partial charge in [-0.05, 0) is 58.1 Å². The Bertz CT molecular complexity index is 1160. The summed E-state index contributed by atoms with van der Waals surface area (Å²) in [4.78, 5) is 34.7. The molecule has 0 saturated heterocycles. The van der Waals surface area contributed by atoms with Gasteiger partial charge in [0.2, 0.25) is 5.13 Å².